The molecule has 4 nitrogen and oxygen atoms in total. The lowest BCUT2D eigenvalue weighted by Crippen LogP contribution is -2.36. The van der Waals surface area contributed by atoms with Gasteiger partial charge in [-0.25, -0.2) is 4.39 Å². The van der Waals surface area contributed by atoms with Gasteiger partial charge in [-0.3, -0.25) is 0 Å². The number of nitrogens with one attached hydrogen (secondary N) is 1. The molecule has 1 heterocycles. The summed E-state index contributed by atoms with van der Waals surface area (Å²) < 4.78 is 19.5. The zero-order valence-corrected chi connectivity index (χ0v) is 17.2. The minimum atomic E-state index is -0.476. The number of aliphatic hydroxyl groups is 1. The van der Waals surface area contributed by atoms with E-state index in [9.17, 15) is 9.50 Å². The molecule has 0 aliphatic carbocycles. The standard InChI is InChI=1S/C24H33FN2O2/c25-24-11-4-3-9-21(24)12-13-26-17-20-8-7-10-23(16-20)29-19-22(28)18-27-14-5-1-2-6-15-27/h3-4,7-11,16,22,26,28H,1-2,5-6,12-15,17-19H2/t22-/m1/s1. The van der Waals surface area contributed by atoms with Gasteiger partial charge in [-0.1, -0.05) is 43.2 Å². The van der Waals surface area contributed by atoms with E-state index in [2.05, 4.69) is 10.2 Å². The summed E-state index contributed by atoms with van der Waals surface area (Å²) in [7, 11) is 0. The van der Waals surface area contributed by atoms with Crippen LogP contribution in [0.4, 0.5) is 4.39 Å². The molecular weight excluding hydrogens is 367 g/mol. The molecule has 0 radical (unpaired) electrons. The van der Waals surface area contributed by atoms with E-state index >= 15 is 0 Å². The highest BCUT2D eigenvalue weighted by Gasteiger charge is 2.14. The molecule has 2 N–H and O–H groups in total. The van der Waals surface area contributed by atoms with Crippen LogP contribution in [-0.2, 0) is 13.0 Å². The van der Waals surface area contributed by atoms with Gasteiger partial charge in [0.1, 0.15) is 24.3 Å². The van der Waals surface area contributed by atoms with Crippen molar-refractivity contribution in [1.82, 2.24) is 10.2 Å². The van der Waals surface area contributed by atoms with E-state index < -0.39 is 6.10 Å². The van der Waals surface area contributed by atoms with Gasteiger partial charge in [-0.2, -0.15) is 0 Å². The topological polar surface area (TPSA) is 44.7 Å². The Hall–Kier alpha value is -1.95. The van der Waals surface area contributed by atoms with Crippen LogP contribution in [0.25, 0.3) is 0 Å². The molecule has 0 bridgehead atoms. The van der Waals surface area contributed by atoms with Crippen molar-refractivity contribution in [1.29, 1.82) is 0 Å². The van der Waals surface area contributed by atoms with Crippen molar-refractivity contribution < 1.29 is 14.2 Å². The van der Waals surface area contributed by atoms with Gasteiger partial charge in [-0.05, 0) is 68.2 Å². The number of ether oxygens (including phenoxy) is 1. The average molecular weight is 401 g/mol. The number of benzene rings is 2. The highest BCUT2D eigenvalue weighted by Crippen LogP contribution is 2.15. The Balaban J connectivity index is 1.38. The molecular formula is C24H33FN2O2. The maximum absolute atomic E-state index is 13.6. The van der Waals surface area contributed by atoms with Crippen LogP contribution in [0.15, 0.2) is 48.5 Å². The van der Waals surface area contributed by atoms with Crippen molar-refractivity contribution in [3.63, 3.8) is 0 Å². The molecule has 0 unspecified atom stereocenters. The fourth-order valence-corrected chi connectivity index (χ4v) is 3.76. The largest absolute Gasteiger partial charge is 0.491 e. The Bertz CT molecular complexity index is 732. The number of β-amino-alcohol motifs (C(OH)–C–C–N with tert-alkyl or cyclic N) is 1. The third-order valence-corrected chi connectivity index (χ3v) is 5.37. The lowest BCUT2D eigenvalue weighted by molar-refractivity contribution is 0.0693. The molecule has 0 spiro atoms. The van der Waals surface area contributed by atoms with Crippen LogP contribution in [0.3, 0.4) is 0 Å². The SMILES string of the molecule is O[C@@H](COc1cccc(CNCCc2ccccc2F)c1)CN1CCCCCC1. The predicted octanol–water partition coefficient (Wildman–Crippen LogP) is 3.77. The maximum Gasteiger partial charge on any atom is 0.126 e. The lowest BCUT2D eigenvalue weighted by atomic mass is 10.1. The van der Waals surface area contributed by atoms with Crippen LogP contribution in [0.1, 0.15) is 36.8 Å². The number of rotatable bonds is 10. The number of likely N-dealkylation sites (tertiary alicyclic amines) is 1. The summed E-state index contributed by atoms with van der Waals surface area (Å²) in [5.41, 5.74) is 1.84. The first-order valence-corrected chi connectivity index (χ1v) is 10.8. The van der Waals surface area contributed by atoms with Crippen molar-refractivity contribution in [2.24, 2.45) is 0 Å². The maximum atomic E-state index is 13.6. The third-order valence-electron chi connectivity index (χ3n) is 5.37. The zero-order chi connectivity index (χ0) is 20.3. The number of halogens is 1. The van der Waals surface area contributed by atoms with Gasteiger partial charge in [0.25, 0.3) is 0 Å². The molecule has 1 atom stereocenters. The molecule has 0 saturated carbocycles. The first kappa shape index (κ1) is 21.8. The van der Waals surface area contributed by atoms with Crippen LogP contribution in [0, 0.1) is 5.82 Å². The summed E-state index contributed by atoms with van der Waals surface area (Å²) in [6, 6.07) is 14.8. The number of hydrogen-bond acceptors (Lipinski definition) is 4. The summed E-state index contributed by atoms with van der Waals surface area (Å²) in [4.78, 5) is 2.34. The minimum absolute atomic E-state index is 0.150. The van der Waals surface area contributed by atoms with Gasteiger partial charge in [-0.15, -0.1) is 0 Å². The molecule has 29 heavy (non-hydrogen) atoms. The molecule has 1 aliphatic heterocycles. The average Bonchev–Trinajstić information content (AvgIpc) is 3.00. The van der Waals surface area contributed by atoms with Crippen molar-refractivity contribution in [3.05, 3.63) is 65.5 Å². The Morgan fingerprint density at radius 1 is 1.03 bits per heavy atom. The molecule has 158 valence electrons. The second-order valence-electron chi connectivity index (χ2n) is 7.85. The number of nitrogens with zero attached hydrogens (tertiary/aromatic N) is 1. The highest BCUT2D eigenvalue weighted by molar-refractivity contribution is 5.28. The van der Waals surface area contributed by atoms with E-state index in [-0.39, 0.29) is 5.82 Å². The van der Waals surface area contributed by atoms with E-state index in [1.54, 1.807) is 6.07 Å². The first-order chi connectivity index (χ1) is 14.2. The summed E-state index contributed by atoms with van der Waals surface area (Å²) >= 11 is 0. The zero-order valence-electron chi connectivity index (χ0n) is 17.2. The summed E-state index contributed by atoms with van der Waals surface area (Å²) in [6.45, 7) is 4.54. The quantitative estimate of drug-likeness (QED) is 0.596. The fraction of sp³-hybridized carbons (Fsp3) is 0.500. The van der Waals surface area contributed by atoms with Gasteiger partial charge < -0.3 is 20.1 Å². The third kappa shape index (κ3) is 7.77. The van der Waals surface area contributed by atoms with Crippen LogP contribution in [0.5, 0.6) is 5.75 Å². The lowest BCUT2D eigenvalue weighted by Gasteiger charge is -2.23. The Morgan fingerprint density at radius 3 is 2.62 bits per heavy atom. The Labute approximate surface area is 173 Å². The van der Waals surface area contributed by atoms with Crippen LogP contribution in [0.2, 0.25) is 0 Å². The summed E-state index contributed by atoms with van der Waals surface area (Å²) in [5.74, 6) is 0.622. The van der Waals surface area contributed by atoms with E-state index in [0.717, 1.165) is 30.0 Å². The van der Waals surface area contributed by atoms with E-state index in [0.29, 0.717) is 32.7 Å². The normalized spacial score (nSPS) is 16.3. The number of aliphatic hydroxyl groups excluding tert-OH is 1. The summed E-state index contributed by atoms with van der Waals surface area (Å²) in [6.07, 6.45) is 5.22. The molecule has 2 aromatic carbocycles. The van der Waals surface area contributed by atoms with Crippen molar-refractivity contribution in [3.8, 4) is 5.75 Å². The van der Waals surface area contributed by atoms with Gasteiger partial charge in [0, 0.05) is 13.1 Å². The molecule has 1 saturated heterocycles. The van der Waals surface area contributed by atoms with Crippen LogP contribution < -0.4 is 10.1 Å². The predicted molar refractivity (Wildman–Crippen MR) is 115 cm³/mol. The van der Waals surface area contributed by atoms with E-state index in [1.807, 2.05) is 36.4 Å². The molecule has 0 aromatic heterocycles. The monoisotopic (exact) mass is 400 g/mol. The first-order valence-electron chi connectivity index (χ1n) is 10.8. The second kappa shape index (κ2) is 11.9. The Morgan fingerprint density at radius 2 is 1.83 bits per heavy atom. The second-order valence-corrected chi connectivity index (χ2v) is 7.85. The van der Waals surface area contributed by atoms with Crippen molar-refractivity contribution in [2.75, 3.05) is 32.8 Å². The van der Waals surface area contributed by atoms with Crippen molar-refractivity contribution >= 4 is 0 Å². The molecule has 5 heteroatoms. The van der Waals surface area contributed by atoms with Gasteiger partial charge in [0.15, 0.2) is 0 Å². The Kier molecular flexibility index (Phi) is 8.93. The van der Waals surface area contributed by atoms with Gasteiger partial charge in [0.2, 0.25) is 0 Å². The van der Waals surface area contributed by atoms with E-state index in [1.165, 1.54) is 31.7 Å². The molecule has 1 aliphatic rings. The van der Waals surface area contributed by atoms with Crippen LogP contribution >= 0.6 is 0 Å². The fourth-order valence-electron chi connectivity index (χ4n) is 3.76. The number of hydrogen-bond donors (Lipinski definition) is 2. The van der Waals surface area contributed by atoms with Crippen molar-refractivity contribution in [2.45, 2.75) is 44.8 Å². The molecule has 2 aromatic rings. The highest BCUT2D eigenvalue weighted by atomic mass is 19.1. The smallest absolute Gasteiger partial charge is 0.126 e. The molecule has 0 amide bonds. The van der Waals surface area contributed by atoms with E-state index in [4.69, 9.17) is 4.74 Å². The summed E-state index contributed by atoms with van der Waals surface area (Å²) in [5, 5.41) is 13.7. The van der Waals surface area contributed by atoms with Gasteiger partial charge in [0.05, 0.1) is 0 Å². The van der Waals surface area contributed by atoms with Gasteiger partial charge >= 0.3 is 0 Å². The van der Waals surface area contributed by atoms with Crippen LogP contribution in [-0.4, -0.2) is 48.9 Å². The molecule has 1 fully saturated rings. The molecule has 3 rings (SSSR count). The minimum Gasteiger partial charge on any atom is -0.491 e.